The van der Waals surface area contributed by atoms with Gasteiger partial charge in [0.1, 0.15) is 148 Å². The fraction of sp³-hybridized carbons (Fsp3) is 0.449. The van der Waals surface area contributed by atoms with E-state index in [-0.39, 0.29) is 76.9 Å². The van der Waals surface area contributed by atoms with Crippen LogP contribution in [0.2, 0.25) is 0 Å². The van der Waals surface area contributed by atoms with Crippen LogP contribution < -0.4 is 37.9 Å². The fourth-order valence-electron chi connectivity index (χ4n) is 21.8. The average Bonchev–Trinajstić information content (AvgIpc) is 1.74. The standard InChI is InChI=1S/C67H84O8.C60H66O8/c1-43(2)27-47-31-53(11-15-61(47)72-39-57-35-68-57)66(54-12-16-62(73-40-58-36-69-58)48(32-54)28-44(3)4)23-19-51(20-24-66)65(9,10)52-21-25-67(26-22-52,55-13-17-63(74-41-59-37-70-59)49(33-55)29-45(5)6)56-14-18-64(75-42-60-38-71-60)50(34-56)30-46(7)8;1-37(2)21-47-25-43(13-17-55(47)65-33-51-29-61-51)59(44-14-18-56(66-34-52-30-62-52)48(26-44)22-38(3)4)41-9-11-42(12-10-41)60(45-15-19-57(67-35-53-31-63-53)49(27-45)23-39(5)6)46-16-20-58(68-36-54-32-64-54)50(28-46)24-40(7)8/h11-18,31-34,51-52,57-60H,1,3,5,7,19-30,35-42H2,2,4,6,8-10H3;9-20,25-28,51-54,59-60H,1,3,5,7,21-24,29-36H2,2,4,6,8H3. The fourth-order valence-corrected chi connectivity index (χ4v) is 21.8. The Hall–Kier alpha value is -11.0. The highest BCUT2D eigenvalue weighted by Gasteiger charge is 2.50. The number of hydrogen-bond acceptors (Lipinski definition) is 16. The summed E-state index contributed by atoms with van der Waals surface area (Å²) in [6.45, 7) is 67.0. The number of ether oxygens (including phenoxy) is 16. The van der Waals surface area contributed by atoms with Crippen molar-refractivity contribution in [2.75, 3.05) is 106 Å². The van der Waals surface area contributed by atoms with Gasteiger partial charge >= 0.3 is 0 Å². The van der Waals surface area contributed by atoms with Crippen molar-refractivity contribution in [2.45, 2.75) is 243 Å². The van der Waals surface area contributed by atoms with Crippen molar-refractivity contribution < 1.29 is 75.8 Å². The highest BCUT2D eigenvalue weighted by Crippen LogP contribution is 2.59. The maximum absolute atomic E-state index is 6.44. The maximum atomic E-state index is 6.44. The third-order valence-corrected chi connectivity index (χ3v) is 30.1. The van der Waals surface area contributed by atoms with Crippen molar-refractivity contribution in [2.24, 2.45) is 17.3 Å². The lowest BCUT2D eigenvalue weighted by atomic mass is 9.53. The Morgan fingerprint density at radius 3 is 0.559 bits per heavy atom. The molecule has 10 fully saturated rings. The highest BCUT2D eigenvalue weighted by molar-refractivity contribution is 5.58. The predicted octanol–water partition coefficient (Wildman–Crippen LogP) is 25.6. The molecule has 9 aromatic rings. The van der Waals surface area contributed by atoms with E-state index in [0.717, 1.165) is 276 Å². The molecule has 0 bridgehead atoms. The molecular formula is C127H150O16. The lowest BCUT2D eigenvalue weighted by Gasteiger charge is -2.52. The maximum Gasteiger partial charge on any atom is 0.122 e. The van der Waals surface area contributed by atoms with Gasteiger partial charge in [0.25, 0.3) is 0 Å². The zero-order chi connectivity index (χ0) is 99.8. The van der Waals surface area contributed by atoms with E-state index in [2.05, 4.69) is 292 Å². The molecule has 2 aliphatic carbocycles. The molecule has 8 atom stereocenters. The normalized spacial score (nSPS) is 23.3. The van der Waals surface area contributed by atoms with Gasteiger partial charge in [0, 0.05) is 22.7 Å². The van der Waals surface area contributed by atoms with Crippen LogP contribution in [0.5, 0.6) is 46.0 Å². The number of rotatable bonds is 52. The summed E-state index contributed by atoms with van der Waals surface area (Å²) in [4.78, 5) is 0. The number of allylic oxidation sites excluding steroid dienone is 8. The first-order chi connectivity index (χ1) is 69.0. The van der Waals surface area contributed by atoms with Gasteiger partial charge in [-0.25, -0.2) is 0 Å². The summed E-state index contributed by atoms with van der Waals surface area (Å²) in [6, 6.07) is 63.9. The average molecular weight is 1930 g/mol. The van der Waals surface area contributed by atoms with E-state index < -0.39 is 0 Å². The third-order valence-electron chi connectivity index (χ3n) is 30.1. The summed E-state index contributed by atoms with van der Waals surface area (Å²) in [6.07, 6.45) is 16.0. The molecule has 19 rings (SSSR count). The summed E-state index contributed by atoms with van der Waals surface area (Å²) < 4.78 is 95.3. The van der Waals surface area contributed by atoms with E-state index in [9.17, 15) is 0 Å². The molecule has 8 unspecified atom stereocenters. The summed E-state index contributed by atoms with van der Waals surface area (Å²) in [7, 11) is 0. The van der Waals surface area contributed by atoms with Crippen LogP contribution in [-0.2, 0) is 100 Å². The molecule has 8 aliphatic heterocycles. The Kier molecular flexibility index (Phi) is 32.3. The number of epoxide rings is 8. The smallest absolute Gasteiger partial charge is 0.122 e. The van der Waals surface area contributed by atoms with Crippen molar-refractivity contribution >= 4 is 0 Å². The molecule has 16 nitrogen and oxygen atoms in total. The Morgan fingerprint density at radius 1 is 0.245 bits per heavy atom. The molecule has 2 saturated carbocycles. The lowest BCUT2D eigenvalue weighted by molar-refractivity contribution is 0.0364. The highest BCUT2D eigenvalue weighted by atomic mass is 16.6. The quantitative estimate of drug-likeness (QED) is 0.0200. The predicted molar refractivity (Wildman–Crippen MR) is 569 cm³/mol. The molecule has 16 heteroatoms. The number of benzene rings is 9. The summed E-state index contributed by atoms with van der Waals surface area (Å²) in [5.41, 5.74) is 30.1. The Labute approximate surface area is 850 Å². The van der Waals surface area contributed by atoms with Crippen LogP contribution in [-0.4, -0.2) is 155 Å². The lowest BCUT2D eigenvalue weighted by Crippen LogP contribution is -2.43. The Morgan fingerprint density at radius 2 is 0.399 bits per heavy atom. The molecule has 0 spiro atoms. The first-order valence-electron chi connectivity index (χ1n) is 52.2. The molecule has 0 radical (unpaired) electrons. The second kappa shape index (κ2) is 45.3. The second-order valence-corrected chi connectivity index (χ2v) is 44.0. The molecule has 754 valence electrons. The summed E-state index contributed by atoms with van der Waals surface area (Å²) >= 11 is 0. The van der Waals surface area contributed by atoms with Crippen LogP contribution in [0, 0.1) is 17.3 Å². The molecule has 0 N–H and O–H groups in total. The van der Waals surface area contributed by atoms with Crippen molar-refractivity contribution in [1.29, 1.82) is 0 Å². The molecule has 143 heavy (non-hydrogen) atoms. The first-order valence-corrected chi connectivity index (χ1v) is 52.2. The minimum atomic E-state index is -0.190. The van der Waals surface area contributed by atoms with Crippen LogP contribution in [0.1, 0.15) is 233 Å². The van der Waals surface area contributed by atoms with Gasteiger partial charge in [-0.15, -0.1) is 0 Å². The molecule has 0 amide bonds. The van der Waals surface area contributed by atoms with E-state index in [1.165, 1.54) is 44.5 Å². The molecule has 8 saturated heterocycles. The molecule has 10 aliphatic rings. The van der Waals surface area contributed by atoms with Gasteiger partial charge in [0.15, 0.2) is 0 Å². The van der Waals surface area contributed by atoms with Gasteiger partial charge in [-0.1, -0.05) is 232 Å². The van der Waals surface area contributed by atoms with Gasteiger partial charge < -0.3 is 75.8 Å². The van der Waals surface area contributed by atoms with E-state index >= 15 is 0 Å². The monoisotopic (exact) mass is 1930 g/mol. The molecule has 8 heterocycles. The van der Waals surface area contributed by atoms with Gasteiger partial charge in [0.05, 0.1) is 52.9 Å². The van der Waals surface area contributed by atoms with Gasteiger partial charge in [-0.3, -0.25) is 0 Å². The molecule has 0 aromatic heterocycles. The topological polar surface area (TPSA) is 174 Å². The number of hydrogen-bond donors (Lipinski definition) is 0. The van der Waals surface area contributed by atoms with E-state index in [0.29, 0.717) is 90.4 Å². The van der Waals surface area contributed by atoms with Gasteiger partial charge in [-0.2, -0.15) is 0 Å². The zero-order valence-electron chi connectivity index (χ0n) is 86.4. The SMILES string of the molecule is C=C(C)Cc1cc(C(c2ccc(C(c3ccc(OCC4CO4)c(CC(=C)C)c3)c3ccc(OCC4CO4)c(CC(=C)C)c3)cc2)c2ccc(OCC3CO3)c(CC(=C)C)c2)ccc1OCC1CO1.C=C(C)Cc1cc(C2(c3ccc(OCC4CO4)c(CC(=C)C)c3)CCC(C(C)(C)C3CCC(c4ccc(OCC5CO5)c(CC(=C)C)c4)(c4ccc(OCC5CO5)c(CC(=C)C)c4)CC3)CC2)ccc1OCC1CO1. The van der Waals surface area contributed by atoms with Crippen LogP contribution in [0.3, 0.4) is 0 Å². The minimum absolute atomic E-state index is 0.111. The van der Waals surface area contributed by atoms with Gasteiger partial charge in [-0.05, 0) is 324 Å². The van der Waals surface area contributed by atoms with E-state index in [4.69, 9.17) is 75.8 Å². The largest absolute Gasteiger partial charge is 0.490 e. The first kappa shape index (κ1) is 102. The van der Waals surface area contributed by atoms with Crippen molar-refractivity contribution in [3.05, 3.63) is 367 Å². The Balaban J connectivity index is 0.000000189. The zero-order valence-corrected chi connectivity index (χ0v) is 86.4. The minimum Gasteiger partial charge on any atom is -0.490 e. The molecular weight excluding hydrogens is 1780 g/mol. The van der Waals surface area contributed by atoms with Crippen LogP contribution in [0.4, 0.5) is 0 Å². The molecule has 9 aromatic carbocycles. The van der Waals surface area contributed by atoms with Crippen LogP contribution in [0.25, 0.3) is 0 Å². The van der Waals surface area contributed by atoms with Crippen molar-refractivity contribution in [3.63, 3.8) is 0 Å². The third kappa shape index (κ3) is 27.2. The second-order valence-electron chi connectivity index (χ2n) is 44.0. The van der Waals surface area contributed by atoms with Crippen LogP contribution in [0.15, 0.2) is 267 Å². The van der Waals surface area contributed by atoms with Crippen molar-refractivity contribution in [1.82, 2.24) is 0 Å². The van der Waals surface area contributed by atoms with Crippen molar-refractivity contribution in [3.8, 4) is 46.0 Å². The summed E-state index contributed by atoms with van der Waals surface area (Å²) in [5.74, 6) is 8.12. The van der Waals surface area contributed by atoms with Gasteiger partial charge in [0.2, 0.25) is 0 Å². The van der Waals surface area contributed by atoms with E-state index in [1.807, 2.05) is 0 Å². The Bertz CT molecular complexity index is 5430. The van der Waals surface area contributed by atoms with Crippen LogP contribution >= 0.6 is 0 Å². The van der Waals surface area contributed by atoms with E-state index in [1.54, 1.807) is 0 Å². The summed E-state index contributed by atoms with van der Waals surface area (Å²) in [5, 5.41) is 0.